The van der Waals surface area contributed by atoms with Gasteiger partial charge in [-0.05, 0) is 29.8 Å². The molecule has 1 unspecified atom stereocenters. The number of rotatable bonds is 7. The normalized spacial score (nSPS) is 12.3. The lowest BCUT2D eigenvalue weighted by molar-refractivity contribution is -0.275. The predicted octanol–water partition coefficient (Wildman–Crippen LogP) is 3.13. The van der Waals surface area contributed by atoms with E-state index in [0.29, 0.717) is 0 Å². The summed E-state index contributed by atoms with van der Waals surface area (Å²) in [6.45, 7) is -0.199. The SMILES string of the molecule is COCC(NC(=O)c1cc(=O)[nH]c(-c2ncccc2F)n1)c1ccc(OC(F)(F)F)c(F)c1. The molecule has 0 fully saturated rings. The Bertz CT molecular complexity index is 1220. The van der Waals surface area contributed by atoms with E-state index in [4.69, 9.17) is 4.74 Å². The number of carbonyl (C=O) groups excluding carboxylic acids is 1. The van der Waals surface area contributed by atoms with E-state index in [0.717, 1.165) is 30.3 Å². The van der Waals surface area contributed by atoms with Crippen molar-refractivity contribution in [1.82, 2.24) is 20.3 Å². The molecule has 3 aromatic rings. The van der Waals surface area contributed by atoms with Gasteiger partial charge >= 0.3 is 6.36 Å². The van der Waals surface area contributed by atoms with Gasteiger partial charge in [0.2, 0.25) is 0 Å². The van der Waals surface area contributed by atoms with Crippen molar-refractivity contribution in [3.63, 3.8) is 0 Å². The second-order valence-electron chi connectivity index (χ2n) is 6.53. The number of amides is 1. The quantitative estimate of drug-likeness (QED) is 0.514. The van der Waals surface area contributed by atoms with Gasteiger partial charge in [-0.2, -0.15) is 0 Å². The van der Waals surface area contributed by atoms with Gasteiger partial charge in [0.1, 0.15) is 11.4 Å². The minimum Gasteiger partial charge on any atom is -0.403 e. The Morgan fingerprint density at radius 1 is 1.18 bits per heavy atom. The molecule has 0 bridgehead atoms. The molecule has 2 aromatic heterocycles. The molecule has 0 aliphatic rings. The lowest BCUT2D eigenvalue weighted by Gasteiger charge is -2.19. The molecule has 3 rings (SSSR count). The van der Waals surface area contributed by atoms with E-state index in [-0.39, 0.29) is 23.7 Å². The highest BCUT2D eigenvalue weighted by molar-refractivity contribution is 5.92. The molecule has 0 aliphatic carbocycles. The summed E-state index contributed by atoms with van der Waals surface area (Å²) >= 11 is 0. The average molecular weight is 470 g/mol. The molecule has 2 N–H and O–H groups in total. The zero-order valence-electron chi connectivity index (χ0n) is 16.7. The van der Waals surface area contributed by atoms with Crippen LogP contribution in [0.25, 0.3) is 11.5 Å². The average Bonchev–Trinajstić information content (AvgIpc) is 2.74. The van der Waals surface area contributed by atoms with Gasteiger partial charge in [0, 0.05) is 19.4 Å². The number of ether oxygens (including phenoxy) is 2. The van der Waals surface area contributed by atoms with Crippen LogP contribution >= 0.6 is 0 Å². The Kier molecular flexibility index (Phi) is 7.01. The summed E-state index contributed by atoms with van der Waals surface area (Å²) < 4.78 is 73.7. The third-order valence-corrected chi connectivity index (χ3v) is 4.18. The summed E-state index contributed by atoms with van der Waals surface area (Å²) in [5, 5.41) is 2.44. The highest BCUT2D eigenvalue weighted by atomic mass is 19.4. The molecule has 1 amide bonds. The van der Waals surface area contributed by atoms with E-state index in [9.17, 15) is 31.5 Å². The molecule has 2 heterocycles. The maximum Gasteiger partial charge on any atom is 0.573 e. The maximum atomic E-state index is 14.1. The van der Waals surface area contributed by atoms with Crippen molar-refractivity contribution in [2.75, 3.05) is 13.7 Å². The van der Waals surface area contributed by atoms with Gasteiger partial charge in [-0.15, -0.1) is 13.2 Å². The number of carbonyl (C=O) groups is 1. The van der Waals surface area contributed by atoms with Crippen LogP contribution in [-0.4, -0.2) is 40.9 Å². The lowest BCUT2D eigenvalue weighted by Crippen LogP contribution is -2.33. The van der Waals surface area contributed by atoms with Gasteiger partial charge in [0.25, 0.3) is 11.5 Å². The molecular weight excluding hydrogens is 455 g/mol. The van der Waals surface area contributed by atoms with Gasteiger partial charge in [0.05, 0.1) is 12.6 Å². The topological polar surface area (TPSA) is 106 Å². The minimum absolute atomic E-state index is 0.0538. The number of nitrogens with one attached hydrogen (secondary N) is 2. The number of hydrogen-bond donors (Lipinski definition) is 2. The van der Waals surface area contributed by atoms with Crippen molar-refractivity contribution in [3.05, 3.63) is 75.8 Å². The third-order valence-electron chi connectivity index (χ3n) is 4.18. The second kappa shape index (κ2) is 9.73. The first-order valence-corrected chi connectivity index (χ1v) is 9.14. The van der Waals surface area contributed by atoms with Gasteiger partial charge in [0.15, 0.2) is 23.2 Å². The second-order valence-corrected chi connectivity index (χ2v) is 6.53. The molecular formula is C20H15F5N4O4. The fourth-order valence-electron chi connectivity index (χ4n) is 2.81. The van der Waals surface area contributed by atoms with Crippen LogP contribution < -0.4 is 15.6 Å². The molecule has 0 aliphatic heterocycles. The van der Waals surface area contributed by atoms with Crippen LogP contribution in [0.2, 0.25) is 0 Å². The highest BCUT2D eigenvalue weighted by Crippen LogP contribution is 2.28. The molecule has 1 aromatic carbocycles. The van der Waals surface area contributed by atoms with Crippen molar-refractivity contribution in [2.45, 2.75) is 12.4 Å². The van der Waals surface area contributed by atoms with E-state index in [1.165, 1.54) is 19.4 Å². The van der Waals surface area contributed by atoms with Crippen molar-refractivity contribution in [3.8, 4) is 17.3 Å². The molecule has 0 saturated carbocycles. The number of methoxy groups -OCH3 is 1. The standard InChI is InChI=1S/C20H15F5N4O4/c1-32-9-14(10-4-5-15(12(22)7-10)33-20(23,24)25)28-19(31)13-8-16(30)29-18(27-13)17-11(21)3-2-6-26-17/h2-8,14H,9H2,1H3,(H,28,31)(H,27,29,30). The number of hydrogen-bond acceptors (Lipinski definition) is 6. The number of H-pyrrole nitrogens is 1. The molecule has 174 valence electrons. The highest BCUT2D eigenvalue weighted by Gasteiger charge is 2.32. The van der Waals surface area contributed by atoms with Gasteiger partial charge in [-0.25, -0.2) is 18.7 Å². The minimum atomic E-state index is -5.08. The Morgan fingerprint density at radius 3 is 2.58 bits per heavy atom. The summed E-state index contributed by atoms with van der Waals surface area (Å²) in [6, 6.07) is 4.83. The number of benzene rings is 1. The summed E-state index contributed by atoms with van der Waals surface area (Å²) in [7, 11) is 1.28. The predicted molar refractivity (Wildman–Crippen MR) is 103 cm³/mol. The van der Waals surface area contributed by atoms with Crippen LogP contribution in [0.15, 0.2) is 47.4 Å². The third kappa shape index (κ3) is 6.10. The van der Waals surface area contributed by atoms with Crippen molar-refractivity contribution in [2.24, 2.45) is 0 Å². The summed E-state index contributed by atoms with van der Waals surface area (Å²) in [6.07, 6.45) is -3.82. The molecule has 1 atom stereocenters. The van der Waals surface area contributed by atoms with Crippen LogP contribution in [0.5, 0.6) is 5.75 Å². The van der Waals surface area contributed by atoms with Crippen molar-refractivity contribution < 1.29 is 36.2 Å². The Morgan fingerprint density at radius 2 is 1.94 bits per heavy atom. The number of aromatic amines is 1. The largest absolute Gasteiger partial charge is 0.573 e. The van der Waals surface area contributed by atoms with E-state index in [1.54, 1.807) is 0 Å². The zero-order valence-corrected chi connectivity index (χ0v) is 16.7. The Labute approximate surface area is 182 Å². The van der Waals surface area contributed by atoms with Crippen molar-refractivity contribution in [1.29, 1.82) is 0 Å². The number of alkyl halides is 3. The Balaban J connectivity index is 1.88. The first kappa shape index (κ1) is 23.8. The summed E-state index contributed by atoms with van der Waals surface area (Å²) in [4.78, 5) is 34.6. The number of halogens is 5. The fourth-order valence-corrected chi connectivity index (χ4v) is 2.81. The van der Waals surface area contributed by atoms with Crippen LogP contribution in [-0.2, 0) is 4.74 Å². The van der Waals surface area contributed by atoms with Crippen LogP contribution in [0.4, 0.5) is 22.0 Å². The van der Waals surface area contributed by atoms with Gasteiger partial charge < -0.3 is 19.8 Å². The first-order valence-electron chi connectivity index (χ1n) is 9.14. The summed E-state index contributed by atoms with van der Waals surface area (Å²) in [5.41, 5.74) is -1.41. The number of aromatic nitrogens is 3. The first-order chi connectivity index (χ1) is 15.6. The number of nitrogens with zero attached hydrogens (tertiary/aromatic N) is 2. The molecule has 33 heavy (non-hydrogen) atoms. The van der Waals surface area contributed by atoms with Crippen LogP contribution in [0.3, 0.4) is 0 Å². The van der Waals surface area contributed by atoms with E-state index in [2.05, 4.69) is 25.0 Å². The molecule has 8 nitrogen and oxygen atoms in total. The molecule has 13 heteroatoms. The fraction of sp³-hybridized carbons (Fsp3) is 0.200. The molecule has 0 saturated heterocycles. The van der Waals surface area contributed by atoms with E-state index in [1.807, 2.05) is 0 Å². The monoisotopic (exact) mass is 470 g/mol. The number of pyridine rings is 1. The van der Waals surface area contributed by atoms with Gasteiger partial charge in [-0.1, -0.05) is 6.07 Å². The van der Waals surface area contributed by atoms with E-state index >= 15 is 0 Å². The lowest BCUT2D eigenvalue weighted by atomic mass is 10.1. The zero-order chi connectivity index (χ0) is 24.2. The van der Waals surface area contributed by atoms with Crippen LogP contribution in [0, 0.1) is 11.6 Å². The van der Waals surface area contributed by atoms with Crippen molar-refractivity contribution >= 4 is 5.91 Å². The molecule has 0 radical (unpaired) electrons. The van der Waals surface area contributed by atoms with Gasteiger partial charge in [-0.3, -0.25) is 9.59 Å². The Hall–Kier alpha value is -3.87. The smallest absolute Gasteiger partial charge is 0.403 e. The molecule has 0 spiro atoms. The van der Waals surface area contributed by atoms with Crippen LogP contribution in [0.1, 0.15) is 22.1 Å². The maximum absolute atomic E-state index is 14.1. The van der Waals surface area contributed by atoms with E-state index < -0.39 is 46.9 Å². The summed E-state index contributed by atoms with van der Waals surface area (Å²) in [5.74, 6) is -4.35.